The Labute approximate surface area is 253 Å². The van der Waals surface area contributed by atoms with Gasteiger partial charge >= 0.3 is 5.97 Å². The Morgan fingerprint density at radius 3 is 2.67 bits per heavy atom. The molecule has 6 rings (SSSR count). The van der Waals surface area contributed by atoms with Crippen molar-refractivity contribution in [3.63, 3.8) is 0 Å². The van der Waals surface area contributed by atoms with E-state index in [1.165, 1.54) is 0 Å². The molecule has 7 nitrogen and oxygen atoms in total. The number of furan rings is 1. The van der Waals surface area contributed by atoms with Gasteiger partial charge in [-0.1, -0.05) is 48.9 Å². The third kappa shape index (κ3) is 5.96. The van der Waals surface area contributed by atoms with Crippen molar-refractivity contribution in [2.24, 2.45) is 5.41 Å². The van der Waals surface area contributed by atoms with Crippen molar-refractivity contribution in [3.05, 3.63) is 78.8 Å². The second kappa shape index (κ2) is 11.6. The molecule has 0 aliphatic heterocycles. The highest BCUT2D eigenvalue weighted by atomic mass is 16.6. The highest BCUT2D eigenvalue weighted by Crippen LogP contribution is 2.67. The molecule has 1 spiro atoms. The summed E-state index contributed by atoms with van der Waals surface area (Å²) in [5, 5.41) is 0.967. The number of hydrogen-bond donors (Lipinski definition) is 0. The van der Waals surface area contributed by atoms with Crippen LogP contribution in [0.5, 0.6) is 5.75 Å². The van der Waals surface area contributed by atoms with E-state index in [2.05, 4.69) is 35.8 Å². The molecule has 0 bridgehead atoms. The van der Waals surface area contributed by atoms with Crippen LogP contribution in [0, 0.1) is 5.41 Å². The largest absolute Gasteiger partial charge is 0.496 e. The molecule has 2 heterocycles. The number of aromatic nitrogens is 2. The highest BCUT2D eigenvalue weighted by molar-refractivity contribution is 6.02. The number of carbonyl (C=O) groups excluding carboxylic acids is 1. The van der Waals surface area contributed by atoms with Crippen molar-refractivity contribution in [2.45, 2.75) is 76.9 Å². The predicted octanol–water partition coefficient (Wildman–Crippen LogP) is 8.07. The summed E-state index contributed by atoms with van der Waals surface area (Å²) in [6, 6.07) is 16.4. The maximum absolute atomic E-state index is 12.3. The summed E-state index contributed by atoms with van der Waals surface area (Å²) in [6.45, 7) is 9.55. The third-order valence-corrected chi connectivity index (χ3v) is 8.70. The van der Waals surface area contributed by atoms with Crippen LogP contribution in [0.2, 0.25) is 0 Å². The fourth-order valence-electron chi connectivity index (χ4n) is 6.81. The van der Waals surface area contributed by atoms with Crippen LogP contribution in [-0.4, -0.2) is 41.4 Å². The van der Waals surface area contributed by atoms with Gasteiger partial charge in [0.15, 0.2) is 0 Å². The molecule has 0 radical (unpaired) electrons. The quantitative estimate of drug-likeness (QED) is 0.146. The normalized spacial score (nSPS) is 21.6. The second-order valence-corrected chi connectivity index (χ2v) is 12.9. The van der Waals surface area contributed by atoms with Gasteiger partial charge in [0.2, 0.25) is 5.71 Å². The van der Waals surface area contributed by atoms with Crippen molar-refractivity contribution >= 4 is 17.1 Å². The van der Waals surface area contributed by atoms with Crippen molar-refractivity contribution in [1.82, 2.24) is 9.97 Å². The second-order valence-electron chi connectivity index (χ2n) is 12.9. The predicted molar refractivity (Wildman–Crippen MR) is 167 cm³/mol. The summed E-state index contributed by atoms with van der Waals surface area (Å²) >= 11 is 0. The van der Waals surface area contributed by atoms with Crippen LogP contribution in [0.15, 0.2) is 71.9 Å². The number of allylic oxidation sites excluding steroid dienone is 1. The minimum Gasteiger partial charge on any atom is -0.496 e. The molecule has 2 aliphatic carbocycles. The van der Waals surface area contributed by atoms with Crippen molar-refractivity contribution in [2.75, 3.05) is 13.7 Å². The first-order chi connectivity index (χ1) is 20.7. The number of hydrogen-bond acceptors (Lipinski definition) is 7. The summed E-state index contributed by atoms with van der Waals surface area (Å²) in [4.78, 5) is 21.8. The monoisotopic (exact) mass is 580 g/mol. The molecule has 7 heteroatoms. The first-order valence-electron chi connectivity index (χ1n) is 15.2. The van der Waals surface area contributed by atoms with E-state index in [-0.39, 0.29) is 30.0 Å². The lowest BCUT2D eigenvalue weighted by Crippen LogP contribution is -2.30. The number of carbonyl (C=O) groups is 1. The van der Waals surface area contributed by atoms with Gasteiger partial charge in [-0.25, -0.2) is 14.8 Å². The fourth-order valence-corrected chi connectivity index (χ4v) is 6.81. The van der Waals surface area contributed by atoms with Crippen LogP contribution in [0.4, 0.5) is 0 Å². The number of benzene rings is 2. The average Bonchev–Trinajstić information content (AvgIpc) is 3.51. The van der Waals surface area contributed by atoms with Crippen molar-refractivity contribution < 1.29 is 23.4 Å². The Bertz CT molecular complexity index is 1640. The maximum Gasteiger partial charge on any atom is 0.332 e. The molecule has 4 aromatic rings. The standard InChI is InChI=1S/C36H40N2O5/c1-6-11-24-18-25(15-16-28(24)40-5)30-31-32(37-22-38-34(31)42-33(30)23-12-8-7-9-13-23)27-20-36(27)17-10-14-26(19-36)41-21-29(39)43-35(2,3)4/h6-9,12-13,15-16,18,22,26-27H,1,10-11,14,17,19-21H2,2-5H3/t26-,27?,36?/m1/s1. The number of nitrogens with zero attached hydrogens (tertiary/aromatic N) is 2. The third-order valence-electron chi connectivity index (χ3n) is 8.70. The van der Waals surface area contributed by atoms with E-state index in [0.29, 0.717) is 12.1 Å². The van der Waals surface area contributed by atoms with Crippen LogP contribution in [0.3, 0.4) is 0 Å². The van der Waals surface area contributed by atoms with Crippen LogP contribution in [0.1, 0.15) is 70.1 Å². The first-order valence-corrected chi connectivity index (χ1v) is 15.2. The molecular formula is C36H40N2O5. The van der Waals surface area contributed by atoms with Gasteiger partial charge in [-0.05, 0) is 81.5 Å². The minimum absolute atomic E-state index is 0.0166. The molecule has 224 valence electrons. The van der Waals surface area contributed by atoms with Gasteiger partial charge in [0.05, 0.1) is 24.3 Å². The lowest BCUT2D eigenvalue weighted by molar-refractivity contribution is -0.163. The van der Waals surface area contributed by atoms with Gasteiger partial charge in [-0.3, -0.25) is 0 Å². The molecule has 0 amide bonds. The number of esters is 1. The summed E-state index contributed by atoms with van der Waals surface area (Å²) in [5.74, 6) is 1.56. The molecule has 0 saturated heterocycles. The van der Waals surface area contributed by atoms with E-state index < -0.39 is 5.60 Å². The Morgan fingerprint density at radius 2 is 1.93 bits per heavy atom. The van der Waals surface area contributed by atoms with Crippen LogP contribution in [-0.2, 0) is 20.7 Å². The molecule has 2 fully saturated rings. The van der Waals surface area contributed by atoms with E-state index in [1.807, 2.05) is 51.1 Å². The van der Waals surface area contributed by atoms with Gasteiger partial charge in [-0.15, -0.1) is 6.58 Å². The minimum atomic E-state index is -0.522. The van der Waals surface area contributed by atoms with Crippen LogP contribution >= 0.6 is 0 Å². The van der Waals surface area contributed by atoms with E-state index in [4.69, 9.17) is 23.6 Å². The lowest BCUT2D eigenvalue weighted by Gasteiger charge is -2.30. The molecule has 2 saturated carbocycles. The fraction of sp³-hybridized carbons (Fsp3) is 0.417. The Kier molecular flexibility index (Phi) is 7.86. The van der Waals surface area contributed by atoms with Gasteiger partial charge in [-0.2, -0.15) is 0 Å². The van der Waals surface area contributed by atoms with Gasteiger partial charge in [0.25, 0.3) is 0 Å². The Hall–Kier alpha value is -3.97. The summed E-state index contributed by atoms with van der Waals surface area (Å²) in [6.07, 6.45) is 9.27. The smallest absolute Gasteiger partial charge is 0.332 e. The SMILES string of the molecule is C=CCc1cc(-c2c(-c3ccccc3)oc3ncnc(C4CC45CCC[C@@H](OCC(=O)OC(C)(C)C)C5)c23)ccc1OC. The van der Waals surface area contributed by atoms with E-state index in [9.17, 15) is 4.79 Å². The molecule has 2 aliphatic rings. The number of ether oxygens (including phenoxy) is 3. The summed E-state index contributed by atoms with van der Waals surface area (Å²) in [7, 11) is 1.69. The van der Waals surface area contributed by atoms with Gasteiger partial charge in [0, 0.05) is 17.0 Å². The molecule has 0 N–H and O–H groups in total. The Balaban J connectivity index is 1.37. The zero-order valence-electron chi connectivity index (χ0n) is 25.5. The van der Waals surface area contributed by atoms with Crippen molar-refractivity contribution in [1.29, 1.82) is 0 Å². The molecule has 43 heavy (non-hydrogen) atoms. The number of rotatable bonds is 9. The molecule has 2 unspecified atom stereocenters. The van der Waals surface area contributed by atoms with Gasteiger partial charge < -0.3 is 18.6 Å². The topological polar surface area (TPSA) is 83.7 Å². The molecule has 2 aromatic heterocycles. The summed E-state index contributed by atoms with van der Waals surface area (Å²) < 4.78 is 23.8. The Morgan fingerprint density at radius 1 is 1.12 bits per heavy atom. The molecular weight excluding hydrogens is 540 g/mol. The zero-order valence-corrected chi connectivity index (χ0v) is 25.5. The van der Waals surface area contributed by atoms with Crippen LogP contribution < -0.4 is 4.74 Å². The molecule has 3 atom stereocenters. The van der Waals surface area contributed by atoms with E-state index >= 15 is 0 Å². The first kappa shape index (κ1) is 29.1. The van der Waals surface area contributed by atoms with E-state index in [1.54, 1.807) is 13.4 Å². The summed E-state index contributed by atoms with van der Waals surface area (Å²) in [5.41, 5.74) is 5.26. The lowest BCUT2D eigenvalue weighted by atomic mass is 9.81. The number of fused-ring (bicyclic) bond motifs is 1. The van der Waals surface area contributed by atoms with Crippen LogP contribution in [0.25, 0.3) is 33.6 Å². The zero-order chi connectivity index (χ0) is 30.2. The maximum atomic E-state index is 12.3. The van der Waals surface area contributed by atoms with Crippen molar-refractivity contribution in [3.8, 4) is 28.2 Å². The molecule has 2 aromatic carbocycles. The number of methoxy groups -OCH3 is 1. The highest BCUT2D eigenvalue weighted by Gasteiger charge is 2.58. The average molecular weight is 581 g/mol. The van der Waals surface area contributed by atoms with Gasteiger partial charge in [0.1, 0.15) is 30.0 Å². The van der Waals surface area contributed by atoms with E-state index in [0.717, 1.165) is 76.9 Å².